The van der Waals surface area contributed by atoms with E-state index >= 15 is 0 Å². The molecule has 1 N–H and O–H groups in total. The van der Waals surface area contributed by atoms with E-state index in [1.807, 2.05) is 0 Å². The average Bonchev–Trinajstić information content (AvgIpc) is 2.47. The highest BCUT2D eigenvalue weighted by atomic mass is 16.5. The zero-order chi connectivity index (χ0) is 13.7. The number of carbonyl (C=O) groups excluding carboxylic acids is 1. The van der Waals surface area contributed by atoms with E-state index < -0.39 is 5.97 Å². The lowest BCUT2D eigenvalue weighted by Crippen LogP contribution is -2.42. The number of piperidine rings is 1. The summed E-state index contributed by atoms with van der Waals surface area (Å²) in [5.74, 6) is 0.167. The third kappa shape index (κ3) is 3.64. The van der Waals surface area contributed by atoms with Crippen molar-refractivity contribution in [3.63, 3.8) is 0 Å². The number of nitrogens with zero attached hydrogens (tertiary/aromatic N) is 3. The van der Waals surface area contributed by atoms with Crippen LogP contribution in [-0.4, -0.2) is 53.6 Å². The van der Waals surface area contributed by atoms with Gasteiger partial charge in [-0.25, -0.2) is 9.78 Å². The number of carbonyl (C=O) groups is 1. The predicted molar refractivity (Wildman–Crippen MR) is 72.1 cm³/mol. The molecule has 0 saturated carbocycles. The molecule has 0 spiro atoms. The first-order valence-corrected chi connectivity index (χ1v) is 6.62. The number of nitrogens with one attached hydrogen (secondary N) is 1. The van der Waals surface area contributed by atoms with Gasteiger partial charge in [-0.05, 0) is 25.9 Å². The average molecular weight is 264 g/mol. The standard InChI is InChI=1S/C13H20N4O2/c1-3-17-6-4-5-10(9-17)15-12-8-14-7-11(16-12)13(18)19-2/h7-8,10H,3-6,9H2,1-2H3,(H,15,16). The maximum absolute atomic E-state index is 11.4. The summed E-state index contributed by atoms with van der Waals surface area (Å²) in [5.41, 5.74) is 0.232. The lowest BCUT2D eigenvalue weighted by atomic mass is 10.1. The number of anilines is 1. The molecule has 1 aliphatic heterocycles. The first kappa shape index (κ1) is 13.7. The number of likely N-dealkylation sites (N-methyl/N-ethyl adjacent to an activating group) is 1. The Morgan fingerprint density at radius 1 is 1.58 bits per heavy atom. The summed E-state index contributed by atoms with van der Waals surface area (Å²) in [6.07, 6.45) is 5.34. The molecule has 6 nitrogen and oxygen atoms in total. The van der Waals surface area contributed by atoms with Crippen LogP contribution in [0, 0.1) is 0 Å². The quantitative estimate of drug-likeness (QED) is 0.823. The molecule has 1 aromatic heterocycles. The molecule has 6 heteroatoms. The van der Waals surface area contributed by atoms with Crippen molar-refractivity contribution < 1.29 is 9.53 Å². The van der Waals surface area contributed by atoms with Crippen molar-refractivity contribution >= 4 is 11.8 Å². The van der Waals surface area contributed by atoms with Crippen LogP contribution in [-0.2, 0) is 4.74 Å². The van der Waals surface area contributed by atoms with Crippen molar-refractivity contribution in [2.24, 2.45) is 0 Å². The highest BCUT2D eigenvalue weighted by molar-refractivity contribution is 5.87. The van der Waals surface area contributed by atoms with Gasteiger partial charge in [-0.3, -0.25) is 4.98 Å². The van der Waals surface area contributed by atoms with E-state index in [0.29, 0.717) is 11.9 Å². The molecule has 2 heterocycles. The van der Waals surface area contributed by atoms with Gasteiger partial charge < -0.3 is 15.0 Å². The van der Waals surface area contributed by atoms with Crippen LogP contribution in [0.2, 0.25) is 0 Å². The van der Waals surface area contributed by atoms with Crippen LogP contribution in [0.5, 0.6) is 0 Å². The van der Waals surface area contributed by atoms with E-state index in [0.717, 1.165) is 26.1 Å². The highest BCUT2D eigenvalue weighted by Gasteiger charge is 2.19. The molecule has 1 saturated heterocycles. The Hall–Kier alpha value is -1.69. The van der Waals surface area contributed by atoms with E-state index in [1.54, 1.807) is 6.20 Å². The molecular formula is C13H20N4O2. The molecule has 0 radical (unpaired) electrons. The molecule has 2 rings (SSSR count). The van der Waals surface area contributed by atoms with Crippen LogP contribution in [0.15, 0.2) is 12.4 Å². The van der Waals surface area contributed by atoms with E-state index in [-0.39, 0.29) is 5.69 Å². The van der Waals surface area contributed by atoms with Crippen molar-refractivity contribution in [1.29, 1.82) is 0 Å². The number of aromatic nitrogens is 2. The van der Waals surface area contributed by atoms with E-state index in [4.69, 9.17) is 0 Å². The minimum absolute atomic E-state index is 0.232. The van der Waals surface area contributed by atoms with Gasteiger partial charge in [0.25, 0.3) is 0 Å². The minimum Gasteiger partial charge on any atom is -0.464 e. The normalized spacial score (nSPS) is 20.0. The van der Waals surface area contributed by atoms with Gasteiger partial charge in [0.15, 0.2) is 5.69 Å². The summed E-state index contributed by atoms with van der Waals surface area (Å²) in [4.78, 5) is 22.0. The largest absolute Gasteiger partial charge is 0.464 e. The molecule has 1 atom stereocenters. The zero-order valence-corrected chi connectivity index (χ0v) is 11.4. The predicted octanol–water partition coefficient (Wildman–Crippen LogP) is 1.16. The summed E-state index contributed by atoms with van der Waals surface area (Å²) in [6.45, 7) is 5.38. The number of likely N-dealkylation sites (tertiary alicyclic amines) is 1. The van der Waals surface area contributed by atoms with Crippen LogP contribution >= 0.6 is 0 Å². The smallest absolute Gasteiger partial charge is 0.358 e. The van der Waals surface area contributed by atoms with E-state index in [2.05, 4.69) is 31.8 Å². The van der Waals surface area contributed by atoms with Gasteiger partial charge in [0, 0.05) is 12.6 Å². The van der Waals surface area contributed by atoms with Crippen molar-refractivity contribution in [1.82, 2.24) is 14.9 Å². The Kier molecular flexibility index (Phi) is 4.68. The fourth-order valence-corrected chi connectivity index (χ4v) is 2.31. The maximum Gasteiger partial charge on any atom is 0.358 e. The molecule has 19 heavy (non-hydrogen) atoms. The van der Waals surface area contributed by atoms with Gasteiger partial charge >= 0.3 is 5.97 Å². The SMILES string of the molecule is CCN1CCCC(Nc2cncc(C(=O)OC)n2)C1. The Morgan fingerprint density at radius 3 is 3.16 bits per heavy atom. The lowest BCUT2D eigenvalue weighted by Gasteiger charge is -2.32. The summed E-state index contributed by atoms with van der Waals surface area (Å²) in [6, 6.07) is 0.357. The maximum atomic E-state index is 11.4. The molecule has 0 aromatic carbocycles. The molecule has 1 aromatic rings. The Morgan fingerprint density at radius 2 is 2.42 bits per heavy atom. The summed E-state index contributed by atoms with van der Waals surface area (Å²) >= 11 is 0. The van der Waals surface area contributed by atoms with E-state index in [1.165, 1.54) is 19.7 Å². The van der Waals surface area contributed by atoms with Crippen LogP contribution < -0.4 is 5.32 Å². The highest BCUT2D eigenvalue weighted by Crippen LogP contribution is 2.14. The second-order valence-electron chi connectivity index (χ2n) is 4.66. The van der Waals surface area contributed by atoms with Crippen molar-refractivity contribution in [2.75, 3.05) is 32.1 Å². The van der Waals surface area contributed by atoms with Crippen LogP contribution in [0.3, 0.4) is 0 Å². The van der Waals surface area contributed by atoms with Crippen LogP contribution in [0.4, 0.5) is 5.82 Å². The van der Waals surface area contributed by atoms with Gasteiger partial charge in [0.05, 0.1) is 19.5 Å². The zero-order valence-electron chi connectivity index (χ0n) is 11.4. The van der Waals surface area contributed by atoms with Gasteiger partial charge in [-0.1, -0.05) is 6.92 Å². The number of ether oxygens (including phenoxy) is 1. The molecule has 1 unspecified atom stereocenters. The molecule has 0 amide bonds. The Bertz CT molecular complexity index is 438. The lowest BCUT2D eigenvalue weighted by molar-refractivity contribution is 0.0593. The van der Waals surface area contributed by atoms with Gasteiger partial charge in [-0.2, -0.15) is 0 Å². The molecular weight excluding hydrogens is 244 g/mol. The van der Waals surface area contributed by atoms with Gasteiger partial charge in [-0.15, -0.1) is 0 Å². The fraction of sp³-hybridized carbons (Fsp3) is 0.615. The number of methoxy groups -OCH3 is 1. The third-order valence-electron chi connectivity index (χ3n) is 3.33. The summed E-state index contributed by atoms with van der Waals surface area (Å²) < 4.78 is 4.64. The molecule has 0 aliphatic carbocycles. The van der Waals surface area contributed by atoms with Crippen molar-refractivity contribution in [3.05, 3.63) is 18.1 Å². The van der Waals surface area contributed by atoms with Crippen molar-refractivity contribution in [2.45, 2.75) is 25.8 Å². The van der Waals surface area contributed by atoms with Crippen LogP contribution in [0.1, 0.15) is 30.3 Å². The Balaban J connectivity index is 2.00. The molecule has 0 bridgehead atoms. The topological polar surface area (TPSA) is 67.4 Å². The monoisotopic (exact) mass is 264 g/mol. The summed E-state index contributed by atoms with van der Waals surface area (Å²) in [7, 11) is 1.34. The first-order valence-electron chi connectivity index (χ1n) is 6.62. The number of rotatable bonds is 4. The fourth-order valence-electron chi connectivity index (χ4n) is 2.31. The molecule has 1 aliphatic rings. The van der Waals surface area contributed by atoms with Crippen molar-refractivity contribution in [3.8, 4) is 0 Å². The number of hydrogen-bond donors (Lipinski definition) is 1. The minimum atomic E-state index is -0.463. The molecule has 104 valence electrons. The van der Waals surface area contributed by atoms with E-state index in [9.17, 15) is 4.79 Å². The molecule has 1 fully saturated rings. The summed E-state index contributed by atoms with van der Waals surface area (Å²) in [5, 5.41) is 3.34. The third-order valence-corrected chi connectivity index (χ3v) is 3.33. The Labute approximate surface area is 113 Å². The van der Waals surface area contributed by atoms with Crippen LogP contribution in [0.25, 0.3) is 0 Å². The number of hydrogen-bond acceptors (Lipinski definition) is 6. The second kappa shape index (κ2) is 6.47. The van der Waals surface area contributed by atoms with Gasteiger partial charge in [0.1, 0.15) is 5.82 Å². The first-order chi connectivity index (χ1) is 9.22. The van der Waals surface area contributed by atoms with Gasteiger partial charge in [0.2, 0.25) is 0 Å². The second-order valence-corrected chi connectivity index (χ2v) is 4.66. The number of esters is 1.